The van der Waals surface area contributed by atoms with Crippen LogP contribution in [0.4, 0.5) is 0 Å². The van der Waals surface area contributed by atoms with Gasteiger partial charge in [0.2, 0.25) is 0 Å². The molecule has 8 nitrogen and oxygen atoms in total. The number of thiocarbonyl (C=S) groups is 1. The Hall–Kier alpha value is -0.810. The van der Waals surface area contributed by atoms with Gasteiger partial charge in [0.25, 0.3) is 0 Å². The SMILES string of the molecule is CCCCCCCCCCCCCCCCCCCCCCCCNC(=S)NC(CNC1CCC=CC(O)C(O)C1O)C(O)CC(O)CC. The van der Waals surface area contributed by atoms with Gasteiger partial charge in [0.1, 0.15) is 12.2 Å². The first-order valence-corrected chi connectivity index (χ1v) is 21.1. The lowest BCUT2D eigenvalue weighted by Crippen LogP contribution is -2.57. The van der Waals surface area contributed by atoms with Crippen molar-refractivity contribution in [3.05, 3.63) is 12.2 Å². The van der Waals surface area contributed by atoms with Gasteiger partial charge >= 0.3 is 0 Å². The standard InChI is InChI=1S/C40H79N3O5S/c1-3-5-6-7-8-9-10-11-12-13-14-15-16-17-18-19-20-21-22-23-24-27-30-41-40(49)43-35(37(46)31-33(44)4-2)32-42-34-28-25-26-29-36(45)39(48)38(34)47/h26,29,33-39,42,44-48H,3-25,27-28,30-32H2,1-2H3,(H2,41,43,49). The molecule has 290 valence electrons. The van der Waals surface area contributed by atoms with Crippen LogP contribution >= 0.6 is 12.2 Å². The van der Waals surface area contributed by atoms with Crippen molar-refractivity contribution in [1.29, 1.82) is 0 Å². The summed E-state index contributed by atoms with van der Waals surface area (Å²) in [7, 11) is 0. The maximum atomic E-state index is 10.9. The predicted octanol–water partition coefficient (Wildman–Crippen LogP) is 7.33. The minimum Gasteiger partial charge on any atom is -0.393 e. The summed E-state index contributed by atoms with van der Waals surface area (Å²) in [5, 5.41) is 62.1. The molecule has 8 N–H and O–H groups in total. The summed E-state index contributed by atoms with van der Waals surface area (Å²) in [6.45, 7) is 5.19. The molecule has 0 aliphatic heterocycles. The summed E-state index contributed by atoms with van der Waals surface area (Å²) in [4.78, 5) is 0. The molecular formula is C40H79N3O5S. The van der Waals surface area contributed by atoms with Crippen LogP contribution in [-0.4, -0.2) is 86.3 Å². The molecule has 0 saturated carbocycles. The summed E-state index contributed by atoms with van der Waals surface area (Å²) in [5.41, 5.74) is 0. The number of nitrogens with one attached hydrogen (secondary N) is 3. The lowest BCUT2D eigenvalue weighted by molar-refractivity contribution is -0.0593. The normalized spacial score (nSPS) is 21.5. The van der Waals surface area contributed by atoms with Crippen molar-refractivity contribution in [3.8, 4) is 0 Å². The molecule has 0 bridgehead atoms. The van der Waals surface area contributed by atoms with E-state index in [1.165, 1.54) is 134 Å². The Morgan fingerprint density at radius 2 is 1.16 bits per heavy atom. The zero-order chi connectivity index (χ0) is 36.0. The molecule has 0 fully saturated rings. The topological polar surface area (TPSA) is 137 Å². The molecule has 9 heteroatoms. The smallest absolute Gasteiger partial charge is 0.166 e. The maximum absolute atomic E-state index is 10.9. The Kier molecular flexibility index (Phi) is 30.1. The van der Waals surface area contributed by atoms with Gasteiger partial charge in [-0.15, -0.1) is 0 Å². The van der Waals surface area contributed by atoms with Crippen LogP contribution in [0.2, 0.25) is 0 Å². The maximum Gasteiger partial charge on any atom is 0.166 e. The van der Waals surface area contributed by atoms with Crippen molar-refractivity contribution in [2.75, 3.05) is 13.1 Å². The van der Waals surface area contributed by atoms with E-state index in [0.717, 1.165) is 19.4 Å². The molecule has 7 atom stereocenters. The van der Waals surface area contributed by atoms with E-state index in [1.54, 1.807) is 6.08 Å². The molecule has 0 aromatic heterocycles. The Morgan fingerprint density at radius 3 is 1.63 bits per heavy atom. The van der Waals surface area contributed by atoms with E-state index < -0.39 is 42.6 Å². The fourth-order valence-electron chi connectivity index (χ4n) is 6.79. The second-order valence-corrected chi connectivity index (χ2v) is 15.2. The number of aliphatic hydroxyl groups excluding tert-OH is 5. The summed E-state index contributed by atoms with van der Waals surface area (Å²) >= 11 is 5.54. The zero-order valence-electron chi connectivity index (χ0n) is 31.6. The molecule has 0 aromatic rings. The first-order valence-electron chi connectivity index (χ1n) is 20.6. The van der Waals surface area contributed by atoms with E-state index in [4.69, 9.17) is 12.2 Å². The second kappa shape index (κ2) is 31.9. The van der Waals surface area contributed by atoms with Crippen molar-refractivity contribution < 1.29 is 25.5 Å². The van der Waals surface area contributed by atoms with E-state index >= 15 is 0 Å². The van der Waals surface area contributed by atoms with Crippen LogP contribution in [0.3, 0.4) is 0 Å². The van der Waals surface area contributed by atoms with Crippen molar-refractivity contribution in [3.63, 3.8) is 0 Å². The van der Waals surface area contributed by atoms with Gasteiger partial charge in [-0.25, -0.2) is 0 Å². The molecule has 49 heavy (non-hydrogen) atoms. The third-order valence-corrected chi connectivity index (χ3v) is 10.5. The molecule has 1 aliphatic carbocycles. The van der Waals surface area contributed by atoms with Gasteiger partial charge in [-0.3, -0.25) is 0 Å². The van der Waals surface area contributed by atoms with Crippen LogP contribution in [0.5, 0.6) is 0 Å². The van der Waals surface area contributed by atoms with Gasteiger partial charge in [0.15, 0.2) is 5.11 Å². The van der Waals surface area contributed by atoms with Crippen LogP contribution < -0.4 is 16.0 Å². The lowest BCUT2D eigenvalue weighted by Gasteiger charge is -2.33. The highest BCUT2D eigenvalue weighted by molar-refractivity contribution is 7.80. The molecule has 0 amide bonds. The van der Waals surface area contributed by atoms with Gasteiger partial charge in [0, 0.05) is 25.6 Å². The van der Waals surface area contributed by atoms with Crippen LogP contribution in [0, 0.1) is 0 Å². The van der Waals surface area contributed by atoms with Gasteiger partial charge < -0.3 is 41.5 Å². The number of allylic oxidation sites excluding steroid dienone is 1. The quantitative estimate of drug-likeness (QED) is 0.0211. The first-order chi connectivity index (χ1) is 23.8. The molecule has 0 spiro atoms. The van der Waals surface area contributed by atoms with Crippen molar-refractivity contribution >= 4 is 17.3 Å². The van der Waals surface area contributed by atoms with Crippen LogP contribution in [0.25, 0.3) is 0 Å². The second-order valence-electron chi connectivity index (χ2n) is 14.8. The van der Waals surface area contributed by atoms with Gasteiger partial charge in [-0.1, -0.05) is 161 Å². The molecule has 0 heterocycles. The zero-order valence-corrected chi connectivity index (χ0v) is 32.5. The highest BCUT2D eigenvalue weighted by atomic mass is 32.1. The van der Waals surface area contributed by atoms with E-state index in [1.807, 2.05) is 6.92 Å². The van der Waals surface area contributed by atoms with Gasteiger partial charge in [0.05, 0.1) is 24.4 Å². The molecule has 1 rings (SSSR count). The van der Waals surface area contributed by atoms with Crippen molar-refractivity contribution in [2.24, 2.45) is 0 Å². The minimum absolute atomic E-state index is 0.204. The summed E-state index contributed by atoms with van der Waals surface area (Å²) in [5.74, 6) is 0. The van der Waals surface area contributed by atoms with Crippen LogP contribution in [0.15, 0.2) is 12.2 Å². The highest BCUT2D eigenvalue weighted by Crippen LogP contribution is 2.17. The van der Waals surface area contributed by atoms with Crippen LogP contribution in [0.1, 0.15) is 181 Å². The predicted molar refractivity (Wildman–Crippen MR) is 210 cm³/mol. The monoisotopic (exact) mass is 714 g/mol. The number of rotatable bonds is 31. The molecule has 0 saturated heterocycles. The number of hydrogen-bond acceptors (Lipinski definition) is 7. The molecule has 1 aliphatic rings. The highest BCUT2D eigenvalue weighted by Gasteiger charge is 2.32. The summed E-state index contributed by atoms with van der Waals surface area (Å²) < 4.78 is 0. The Labute approximate surface area is 306 Å². The van der Waals surface area contributed by atoms with E-state index in [0.29, 0.717) is 24.4 Å². The van der Waals surface area contributed by atoms with E-state index in [-0.39, 0.29) is 13.0 Å². The van der Waals surface area contributed by atoms with E-state index in [2.05, 4.69) is 22.9 Å². The average Bonchev–Trinajstić information content (AvgIpc) is 3.09. The molecule has 0 aromatic carbocycles. The number of hydrogen-bond donors (Lipinski definition) is 8. The third-order valence-electron chi connectivity index (χ3n) is 10.3. The Bertz CT molecular complexity index is 791. The number of aliphatic hydroxyl groups is 5. The molecular weight excluding hydrogens is 635 g/mol. The average molecular weight is 714 g/mol. The van der Waals surface area contributed by atoms with E-state index in [9.17, 15) is 25.5 Å². The molecule has 0 radical (unpaired) electrons. The van der Waals surface area contributed by atoms with Gasteiger partial charge in [-0.2, -0.15) is 0 Å². The largest absolute Gasteiger partial charge is 0.393 e. The summed E-state index contributed by atoms with van der Waals surface area (Å²) in [6, 6.07) is -0.964. The van der Waals surface area contributed by atoms with Crippen molar-refractivity contribution in [2.45, 2.75) is 223 Å². The minimum atomic E-state index is -1.30. The third kappa shape index (κ3) is 24.9. The van der Waals surface area contributed by atoms with Crippen molar-refractivity contribution in [1.82, 2.24) is 16.0 Å². The fraction of sp³-hybridized carbons (Fsp3) is 0.925. The lowest BCUT2D eigenvalue weighted by atomic mass is 9.93. The van der Waals surface area contributed by atoms with Crippen LogP contribution in [-0.2, 0) is 0 Å². The fourth-order valence-corrected chi connectivity index (χ4v) is 7.04. The number of unbranched alkanes of at least 4 members (excludes halogenated alkanes) is 21. The van der Waals surface area contributed by atoms with Gasteiger partial charge in [-0.05, 0) is 37.9 Å². The summed E-state index contributed by atoms with van der Waals surface area (Å²) in [6.07, 6.45) is 30.3. The molecule has 7 unspecified atom stereocenters. The first kappa shape index (κ1) is 46.2. The Morgan fingerprint density at radius 1 is 0.694 bits per heavy atom. The Balaban J connectivity index is 2.09.